The molecule has 0 aliphatic heterocycles. The number of hydrogen-bond donors (Lipinski definition) is 0. The summed E-state index contributed by atoms with van der Waals surface area (Å²) in [4.78, 5) is 14.9. The van der Waals surface area contributed by atoms with E-state index in [9.17, 15) is 10.1 Å². The molecule has 0 unspecified atom stereocenters. The lowest BCUT2D eigenvalue weighted by molar-refractivity contribution is -0.384. The number of fused-ring (bicyclic) bond motifs is 1. The lowest BCUT2D eigenvalue weighted by Gasteiger charge is -2.01. The Kier molecular flexibility index (Phi) is 4.15. The maximum absolute atomic E-state index is 10.9. The van der Waals surface area contributed by atoms with E-state index in [1.807, 2.05) is 48.5 Å². The van der Waals surface area contributed by atoms with Gasteiger partial charge in [-0.2, -0.15) is 0 Å². The van der Waals surface area contributed by atoms with Crippen LogP contribution in [0.3, 0.4) is 0 Å². The Labute approximate surface area is 140 Å². The van der Waals surface area contributed by atoms with Gasteiger partial charge in [-0.15, -0.1) is 0 Å². The van der Waals surface area contributed by atoms with Gasteiger partial charge in [0.2, 0.25) is 0 Å². The molecule has 0 spiro atoms. The molecule has 108 valence electrons. The number of non-ortho nitro benzene ring substituents is 1. The van der Waals surface area contributed by atoms with Crippen LogP contribution in [0.25, 0.3) is 10.8 Å². The molecule has 3 aromatic rings. The van der Waals surface area contributed by atoms with Gasteiger partial charge in [0, 0.05) is 27.5 Å². The topological polar surface area (TPSA) is 55.5 Å². The molecule has 3 aromatic carbocycles. The first-order valence-electron chi connectivity index (χ1n) is 6.60. The summed E-state index contributed by atoms with van der Waals surface area (Å²) in [5.41, 5.74) is 1.61. The van der Waals surface area contributed by atoms with Crippen LogP contribution in [-0.2, 0) is 0 Å². The number of aliphatic imine (C=N–C) groups is 1. The first kappa shape index (κ1) is 14.6. The number of nitrogens with zero attached hydrogens (tertiary/aromatic N) is 2. The molecule has 0 aliphatic rings. The lowest BCUT2D eigenvalue weighted by Crippen LogP contribution is -1.88. The highest BCUT2D eigenvalue weighted by atomic mass is 127. The number of benzene rings is 3. The molecule has 22 heavy (non-hydrogen) atoms. The van der Waals surface area contributed by atoms with Crippen molar-refractivity contribution in [1.82, 2.24) is 0 Å². The van der Waals surface area contributed by atoms with Crippen molar-refractivity contribution in [1.29, 1.82) is 0 Å². The monoisotopic (exact) mass is 402 g/mol. The third kappa shape index (κ3) is 3.14. The van der Waals surface area contributed by atoms with E-state index in [1.54, 1.807) is 6.21 Å². The van der Waals surface area contributed by atoms with Crippen molar-refractivity contribution in [3.63, 3.8) is 0 Å². The SMILES string of the molecule is O=[N+]([O-])c1cc(I)cc(N=Cc2cccc3ccccc23)c1. The number of hydrogen-bond acceptors (Lipinski definition) is 3. The van der Waals surface area contributed by atoms with E-state index in [-0.39, 0.29) is 5.69 Å². The van der Waals surface area contributed by atoms with E-state index in [1.165, 1.54) is 12.1 Å². The van der Waals surface area contributed by atoms with Crippen molar-refractivity contribution in [2.24, 2.45) is 4.99 Å². The van der Waals surface area contributed by atoms with Gasteiger partial charge in [-0.05, 0) is 39.4 Å². The minimum Gasteiger partial charge on any atom is -0.258 e. The number of nitro benzene ring substituents is 1. The zero-order chi connectivity index (χ0) is 15.5. The molecule has 0 heterocycles. The van der Waals surface area contributed by atoms with Gasteiger partial charge < -0.3 is 0 Å². The van der Waals surface area contributed by atoms with Crippen LogP contribution < -0.4 is 0 Å². The summed E-state index contributed by atoms with van der Waals surface area (Å²) in [5.74, 6) is 0. The Bertz CT molecular complexity index is 885. The Hall–Kier alpha value is -2.28. The predicted octanol–water partition coefficient (Wildman–Crippen LogP) is 5.10. The fourth-order valence-electron chi connectivity index (χ4n) is 2.25. The molecule has 0 saturated heterocycles. The summed E-state index contributed by atoms with van der Waals surface area (Å²) < 4.78 is 0.789. The number of halogens is 1. The Balaban J connectivity index is 2.01. The molecule has 5 heteroatoms. The maximum atomic E-state index is 10.9. The van der Waals surface area contributed by atoms with Crippen LogP contribution in [0.5, 0.6) is 0 Å². The van der Waals surface area contributed by atoms with E-state index in [0.29, 0.717) is 5.69 Å². The molecule has 0 N–H and O–H groups in total. The molecule has 4 nitrogen and oxygen atoms in total. The van der Waals surface area contributed by atoms with Crippen LogP contribution in [0.1, 0.15) is 5.56 Å². The van der Waals surface area contributed by atoms with E-state index in [0.717, 1.165) is 19.9 Å². The Morgan fingerprint density at radius 2 is 1.82 bits per heavy atom. The normalized spacial score (nSPS) is 11.1. The van der Waals surface area contributed by atoms with Gasteiger partial charge >= 0.3 is 0 Å². The van der Waals surface area contributed by atoms with Gasteiger partial charge in [0.05, 0.1) is 10.6 Å². The molecule has 0 amide bonds. The highest BCUT2D eigenvalue weighted by Crippen LogP contribution is 2.25. The maximum Gasteiger partial charge on any atom is 0.272 e. The van der Waals surface area contributed by atoms with Gasteiger partial charge in [-0.3, -0.25) is 15.1 Å². The molecule has 0 atom stereocenters. The first-order valence-corrected chi connectivity index (χ1v) is 7.68. The van der Waals surface area contributed by atoms with E-state index in [2.05, 4.69) is 27.6 Å². The Morgan fingerprint density at radius 3 is 2.64 bits per heavy atom. The molecule has 0 aliphatic carbocycles. The number of rotatable bonds is 3. The van der Waals surface area contributed by atoms with Crippen molar-refractivity contribution in [2.45, 2.75) is 0 Å². The van der Waals surface area contributed by atoms with Crippen molar-refractivity contribution in [3.05, 3.63) is 79.9 Å². The zero-order valence-corrected chi connectivity index (χ0v) is 13.6. The first-order chi connectivity index (χ1) is 10.6. The van der Waals surface area contributed by atoms with Crippen molar-refractivity contribution < 1.29 is 4.92 Å². The smallest absolute Gasteiger partial charge is 0.258 e. The predicted molar refractivity (Wildman–Crippen MR) is 97.0 cm³/mol. The van der Waals surface area contributed by atoms with Crippen LogP contribution in [0.4, 0.5) is 11.4 Å². The lowest BCUT2D eigenvalue weighted by atomic mass is 10.1. The average molecular weight is 402 g/mol. The van der Waals surface area contributed by atoms with Gasteiger partial charge in [0.1, 0.15) is 0 Å². The number of nitro groups is 1. The zero-order valence-electron chi connectivity index (χ0n) is 11.4. The van der Waals surface area contributed by atoms with Gasteiger partial charge in [0.15, 0.2) is 0 Å². The molecule has 0 aromatic heterocycles. The van der Waals surface area contributed by atoms with Crippen molar-refractivity contribution >= 4 is 51.0 Å². The summed E-state index contributed by atoms with van der Waals surface area (Å²) >= 11 is 2.05. The minimum absolute atomic E-state index is 0.0527. The molecule has 0 fully saturated rings. The third-order valence-electron chi connectivity index (χ3n) is 3.25. The van der Waals surface area contributed by atoms with Gasteiger partial charge in [-0.25, -0.2) is 0 Å². The molecule has 3 rings (SSSR count). The summed E-state index contributed by atoms with van der Waals surface area (Å²) in [7, 11) is 0. The average Bonchev–Trinajstić information content (AvgIpc) is 2.52. The third-order valence-corrected chi connectivity index (χ3v) is 3.88. The van der Waals surface area contributed by atoms with Crippen molar-refractivity contribution in [3.8, 4) is 0 Å². The van der Waals surface area contributed by atoms with Crippen molar-refractivity contribution in [2.75, 3.05) is 0 Å². The Morgan fingerprint density at radius 1 is 1.05 bits per heavy atom. The summed E-state index contributed by atoms with van der Waals surface area (Å²) in [6.07, 6.45) is 1.75. The molecule has 0 radical (unpaired) electrons. The van der Waals surface area contributed by atoms with Crippen LogP contribution in [0.15, 0.2) is 65.7 Å². The fraction of sp³-hybridized carbons (Fsp3) is 0. The highest BCUT2D eigenvalue weighted by Gasteiger charge is 2.08. The van der Waals surface area contributed by atoms with Crippen LogP contribution in [0, 0.1) is 13.7 Å². The molecular weight excluding hydrogens is 391 g/mol. The quantitative estimate of drug-likeness (QED) is 0.265. The largest absolute Gasteiger partial charge is 0.272 e. The summed E-state index contributed by atoms with van der Waals surface area (Å²) in [5, 5.41) is 13.1. The standard InChI is InChI=1S/C17H11IN2O2/c18-14-8-15(10-16(9-14)20(21)22)19-11-13-6-3-5-12-4-1-2-7-17(12)13/h1-11H. The van der Waals surface area contributed by atoms with E-state index >= 15 is 0 Å². The second kappa shape index (κ2) is 6.23. The van der Waals surface area contributed by atoms with Crippen LogP contribution >= 0.6 is 22.6 Å². The molecular formula is C17H11IN2O2. The highest BCUT2D eigenvalue weighted by molar-refractivity contribution is 14.1. The van der Waals surface area contributed by atoms with Crippen LogP contribution in [-0.4, -0.2) is 11.1 Å². The van der Waals surface area contributed by atoms with E-state index in [4.69, 9.17) is 0 Å². The summed E-state index contributed by atoms with van der Waals surface area (Å²) in [6, 6.07) is 18.9. The second-order valence-corrected chi connectivity index (χ2v) is 6.00. The van der Waals surface area contributed by atoms with Gasteiger partial charge in [-0.1, -0.05) is 42.5 Å². The fourth-order valence-corrected chi connectivity index (χ4v) is 2.88. The minimum atomic E-state index is -0.404. The van der Waals surface area contributed by atoms with Crippen LogP contribution in [0.2, 0.25) is 0 Å². The second-order valence-electron chi connectivity index (χ2n) is 4.75. The molecule has 0 bridgehead atoms. The molecule has 0 saturated carbocycles. The summed E-state index contributed by atoms with van der Waals surface area (Å²) in [6.45, 7) is 0. The van der Waals surface area contributed by atoms with Gasteiger partial charge in [0.25, 0.3) is 5.69 Å². The van der Waals surface area contributed by atoms with E-state index < -0.39 is 4.92 Å².